The molecule has 11 heteroatoms. The lowest BCUT2D eigenvalue weighted by atomic mass is 10.0. The number of nitrogens with zero attached hydrogens (tertiary/aromatic N) is 2. The van der Waals surface area contributed by atoms with E-state index in [-0.39, 0.29) is 16.7 Å². The predicted octanol–water partition coefficient (Wildman–Crippen LogP) is 2.99. The smallest absolute Gasteiger partial charge is 0.373 e. The Morgan fingerprint density at radius 2 is 1.85 bits per heavy atom. The first-order valence-electron chi connectivity index (χ1n) is 7.31. The van der Waals surface area contributed by atoms with E-state index in [1.54, 1.807) is 19.9 Å². The van der Waals surface area contributed by atoms with E-state index < -0.39 is 22.6 Å². The number of alkyl halides is 1. The number of ketones is 1. The maximum atomic E-state index is 10.9. The minimum absolute atomic E-state index is 0.0290. The van der Waals surface area contributed by atoms with Crippen molar-refractivity contribution in [3.8, 4) is 0 Å². The third-order valence-corrected chi connectivity index (χ3v) is 4.68. The van der Waals surface area contributed by atoms with Gasteiger partial charge in [0.15, 0.2) is 5.69 Å². The number of nitro benzene ring substituents is 1. The summed E-state index contributed by atoms with van der Waals surface area (Å²) in [5.74, 6) is -3.26. The summed E-state index contributed by atoms with van der Waals surface area (Å²) >= 11 is 3.96. The zero-order valence-corrected chi connectivity index (χ0v) is 16.7. The van der Waals surface area contributed by atoms with Crippen LogP contribution in [0.4, 0.5) is 5.69 Å². The van der Waals surface area contributed by atoms with Gasteiger partial charge in [0, 0.05) is 23.4 Å². The second-order valence-electron chi connectivity index (χ2n) is 5.29. The maximum absolute atomic E-state index is 10.9. The molecular weight excluding hydrogens is 444 g/mol. The Balaban J connectivity index is 0.000000445. The lowest BCUT2D eigenvalue weighted by Crippen LogP contribution is -2.12. The van der Waals surface area contributed by atoms with Gasteiger partial charge in [-0.05, 0) is 31.0 Å². The van der Waals surface area contributed by atoms with Crippen LogP contribution in [-0.2, 0) is 16.0 Å². The zero-order chi connectivity index (χ0) is 20.7. The van der Waals surface area contributed by atoms with E-state index in [4.69, 9.17) is 10.2 Å². The topological polar surface area (TPSA) is 148 Å². The highest BCUT2D eigenvalue weighted by molar-refractivity contribution is 9.09. The van der Waals surface area contributed by atoms with E-state index in [0.717, 1.165) is 11.1 Å². The number of thiazole rings is 1. The summed E-state index contributed by atoms with van der Waals surface area (Å²) in [5.41, 5.74) is 2.43. The van der Waals surface area contributed by atoms with Crippen molar-refractivity contribution in [2.24, 2.45) is 0 Å². The third-order valence-electron chi connectivity index (χ3n) is 3.32. The summed E-state index contributed by atoms with van der Waals surface area (Å²) in [6, 6.07) is 3.30. The molecule has 2 N–H and O–H groups in total. The fourth-order valence-corrected chi connectivity index (χ4v) is 2.99. The Kier molecular flexibility index (Phi) is 8.19. The molecule has 2 aromatic rings. The summed E-state index contributed by atoms with van der Waals surface area (Å²) < 4.78 is 0. The van der Waals surface area contributed by atoms with Gasteiger partial charge in [-0.3, -0.25) is 14.9 Å². The SMILES string of the molecule is Cc1cc([N+](=O)[O-])c(C)cc1Cc1nc(C(=O)O)cs1.O=C(O)C(=O)CBr. The number of aromatic carboxylic acids is 1. The molecule has 2 rings (SSSR count). The van der Waals surface area contributed by atoms with Crippen molar-refractivity contribution in [1.82, 2.24) is 4.98 Å². The van der Waals surface area contributed by atoms with Crippen molar-refractivity contribution in [2.45, 2.75) is 20.3 Å². The van der Waals surface area contributed by atoms with Gasteiger partial charge in [0.05, 0.1) is 15.3 Å². The second-order valence-corrected chi connectivity index (χ2v) is 6.80. The first kappa shape index (κ1) is 22.4. The Bertz CT molecular complexity index is 895. The third kappa shape index (κ3) is 6.53. The number of benzene rings is 1. The molecule has 0 fully saturated rings. The molecule has 0 radical (unpaired) electrons. The molecular formula is C16H15BrN2O7S. The fraction of sp³-hybridized carbons (Fsp3) is 0.250. The van der Waals surface area contributed by atoms with Crippen LogP contribution in [0.3, 0.4) is 0 Å². The molecule has 0 atom stereocenters. The Hall–Kier alpha value is -2.66. The highest BCUT2D eigenvalue weighted by atomic mass is 79.9. The molecule has 0 unspecified atom stereocenters. The number of aryl methyl sites for hydroxylation is 2. The van der Waals surface area contributed by atoms with Crippen molar-refractivity contribution in [3.63, 3.8) is 0 Å². The highest BCUT2D eigenvalue weighted by Crippen LogP contribution is 2.25. The van der Waals surface area contributed by atoms with Gasteiger partial charge in [0.25, 0.3) is 5.69 Å². The van der Waals surface area contributed by atoms with Gasteiger partial charge in [-0.2, -0.15) is 0 Å². The average Bonchev–Trinajstić information content (AvgIpc) is 3.06. The maximum Gasteiger partial charge on any atom is 0.373 e. The Morgan fingerprint density at radius 1 is 1.22 bits per heavy atom. The van der Waals surface area contributed by atoms with Crippen molar-refractivity contribution in [3.05, 3.63) is 55.0 Å². The number of aliphatic carboxylic acids is 1. The summed E-state index contributed by atoms with van der Waals surface area (Å²) in [7, 11) is 0. The van der Waals surface area contributed by atoms with Gasteiger partial charge in [0.1, 0.15) is 0 Å². The van der Waals surface area contributed by atoms with Crippen molar-refractivity contribution in [2.75, 3.05) is 5.33 Å². The standard InChI is InChI=1S/C13H12N2O4S.C3H3BrO3/c1-7-4-11(15(18)19)8(2)3-9(7)5-12-14-10(6-20-12)13(16)17;4-1-2(5)3(6)7/h3-4,6H,5H2,1-2H3,(H,16,17);1H2,(H,6,7). The van der Waals surface area contributed by atoms with Gasteiger partial charge < -0.3 is 10.2 Å². The molecule has 9 nitrogen and oxygen atoms in total. The molecule has 0 spiro atoms. The lowest BCUT2D eigenvalue weighted by molar-refractivity contribution is -0.385. The van der Waals surface area contributed by atoms with Crippen LogP contribution >= 0.6 is 27.3 Å². The molecule has 144 valence electrons. The molecule has 1 aromatic carbocycles. The summed E-state index contributed by atoms with van der Waals surface area (Å²) in [6.45, 7) is 3.49. The van der Waals surface area contributed by atoms with Crippen LogP contribution < -0.4 is 0 Å². The number of carboxylic acid groups (broad SMARTS) is 2. The van der Waals surface area contributed by atoms with Crippen LogP contribution in [0.5, 0.6) is 0 Å². The number of hydrogen-bond donors (Lipinski definition) is 2. The molecule has 0 saturated carbocycles. The fourth-order valence-electron chi connectivity index (χ4n) is 1.96. The molecule has 0 amide bonds. The first-order chi connectivity index (χ1) is 12.6. The van der Waals surface area contributed by atoms with E-state index in [1.165, 1.54) is 22.8 Å². The van der Waals surface area contributed by atoms with E-state index in [2.05, 4.69) is 20.9 Å². The van der Waals surface area contributed by atoms with Gasteiger partial charge in [-0.25, -0.2) is 14.6 Å². The number of carbonyl (C=O) groups excluding carboxylic acids is 1. The Morgan fingerprint density at radius 3 is 2.26 bits per heavy atom. The molecule has 1 aromatic heterocycles. The summed E-state index contributed by atoms with van der Waals surface area (Å²) in [6.07, 6.45) is 0.475. The van der Waals surface area contributed by atoms with Crippen molar-refractivity contribution >= 4 is 50.7 Å². The number of nitro groups is 1. The summed E-state index contributed by atoms with van der Waals surface area (Å²) in [4.78, 5) is 44.7. The van der Waals surface area contributed by atoms with Gasteiger partial charge in [0.2, 0.25) is 5.78 Å². The highest BCUT2D eigenvalue weighted by Gasteiger charge is 2.15. The minimum atomic E-state index is -1.39. The van der Waals surface area contributed by atoms with Crippen LogP contribution in [0.2, 0.25) is 0 Å². The number of carbonyl (C=O) groups is 3. The molecule has 0 bridgehead atoms. The average molecular weight is 459 g/mol. The zero-order valence-electron chi connectivity index (χ0n) is 14.3. The van der Waals surface area contributed by atoms with Crippen LogP contribution in [0.25, 0.3) is 0 Å². The van der Waals surface area contributed by atoms with Crippen molar-refractivity contribution < 1.29 is 29.5 Å². The number of hydrogen-bond acceptors (Lipinski definition) is 7. The molecule has 27 heavy (non-hydrogen) atoms. The minimum Gasteiger partial charge on any atom is -0.476 e. The molecule has 0 aliphatic rings. The molecule has 1 heterocycles. The lowest BCUT2D eigenvalue weighted by Gasteiger charge is -2.06. The van der Waals surface area contributed by atoms with Crippen LogP contribution in [0, 0.1) is 24.0 Å². The normalized spacial score (nSPS) is 9.89. The monoisotopic (exact) mass is 458 g/mol. The van der Waals surface area contributed by atoms with E-state index in [1.807, 2.05) is 0 Å². The van der Waals surface area contributed by atoms with Crippen LogP contribution in [-0.4, -0.2) is 43.2 Å². The van der Waals surface area contributed by atoms with E-state index in [0.29, 0.717) is 17.0 Å². The van der Waals surface area contributed by atoms with E-state index >= 15 is 0 Å². The van der Waals surface area contributed by atoms with Crippen molar-refractivity contribution in [1.29, 1.82) is 0 Å². The quantitative estimate of drug-likeness (QED) is 0.290. The number of halogens is 1. The number of carboxylic acids is 2. The van der Waals surface area contributed by atoms with Gasteiger partial charge in [-0.1, -0.05) is 15.9 Å². The van der Waals surface area contributed by atoms with E-state index in [9.17, 15) is 24.5 Å². The predicted molar refractivity (Wildman–Crippen MR) is 101 cm³/mol. The number of aromatic nitrogens is 1. The summed E-state index contributed by atoms with van der Waals surface area (Å²) in [5, 5.41) is 29.5. The number of rotatable bonds is 6. The molecule has 0 aliphatic heterocycles. The van der Waals surface area contributed by atoms with Crippen LogP contribution in [0.15, 0.2) is 17.5 Å². The largest absolute Gasteiger partial charge is 0.476 e. The number of Topliss-reactive ketones (excluding diaryl/α,β-unsaturated/α-hetero) is 1. The van der Waals surface area contributed by atoms with Gasteiger partial charge in [-0.15, -0.1) is 11.3 Å². The first-order valence-corrected chi connectivity index (χ1v) is 9.31. The van der Waals surface area contributed by atoms with Gasteiger partial charge >= 0.3 is 11.9 Å². The Labute approximate surface area is 166 Å². The molecule has 0 aliphatic carbocycles. The van der Waals surface area contributed by atoms with Crippen LogP contribution in [0.1, 0.15) is 32.2 Å². The second kappa shape index (κ2) is 9.88. The molecule has 0 saturated heterocycles.